The van der Waals surface area contributed by atoms with Crippen LogP contribution in [0.4, 0.5) is 4.79 Å². The van der Waals surface area contributed by atoms with Crippen LogP contribution >= 0.6 is 11.6 Å². The van der Waals surface area contributed by atoms with E-state index in [1.165, 1.54) is 0 Å². The van der Waals surface area contributed by atoms with Crippen LogP contribution in [0.2, 0.25) is 5.02 Å². The first-order valence-electron chi connectivity index (χ1n) is 7.95. The fraction of sp³-hybridized carbons (Fsp3) is 0.412. The Morgan fingerprint density at radius 1 is 1.22 bits per heavy atom. The molecule has 0 fully saturated rings. The van der Waals surface area contributed by atoms with Crippen molar-refractivity contribution in [3.05, 3.63) is 46.1 Å². The third-order valence-corrected chi connectivity index (χ3v) is 4.51. The van der Waals surface area contributed by atoms with Gasteiger partial charge in [0.05, 0.1) is 23.9 Å². The van der Waals surface area contributed by atoms with E-state index in [0.717, 1.165) is 37.1 Å². The third-order valence-electron chi connectivity index (χ3n) is 4.26. The topological polar surface area (TPSA) is 61.4 Å². The van der Waals surface area contributed by atoms with Crippen molar-refractivity contribution in [2.75, 3.05) is 13.1 Å². The highest BCUT2D eigenvalue weighted by Crippen LogP contribution is 2.33. The minimum atomic E-state index is -0.417. The van der Waals surface area contributed by atoms with Crippen LogP contribution in [-0.4, -0.2) is 29.9 Å². The first-order valence-corrected chi connectivity index (χ1v) is 8.33. The van der Waals surface area contributed by atoms with E-state index < -0.39 is 6.04 Å². The number of carbonyl (C=O) groups is 2. The smallest absolute Gasteiger partial charge is 0.319 e. The molecule has 122 valence electrons. The molecule has 2 aliphatic rings. The van der Waals surface area contributed by atoms with Crippen molar-refractivity contribution < 1.29 is 9.59 Å². The average Bonchev–Trinajstić information content (AvgIpc) is 2.84. The van der Waals surface area contributed by atoms with Crippen LogP contribution in [0.5, 0.6) is 0 Å². The van der Waals surface area contributed by atoms with Gasteiger partial charge in [0.15, 0.2) is 0 Å². The predicted molar refractivity (Wildman–Crippen MR) is 89.0 cm³/mol. The Bertz CT molecular complexity index is 654. The largest absolute Gasteiger partial charge is 0.333 e. The van der Waals surface area contributed by atoms with Crippen molar-refractivity contribution in [1.82, 2.24) is 15.5 Å². The highest BCUT2D eigenvalue weighted by Gasteiger charge is 2.39. The molecule has 2 N–H and O–H groups in total. The normalized spacial score (nSPS) is 20.4. The van der Waals surface area contributed by atoms with E-state index in [4.69, 9.17) is 11.6 Å². The highest BCUT2D eigenvalue weighted by molar-refractivity contribution is 6.30. The second-order valence-electron chi connectivity index (χ2n) is 5.91. The minimum absolute atomic E-state index is 0.00329. The number of nitrogens with zero attached hydrogens (tertiary/aromatic N) is 1. The SMILES string of the molecule is CCCCCN1CC2=C(C1=O)[C@@H](c1ccc(Cl)cc1)NC(=O)N2. The lowest BCUT2D eigenvalue weighted by Gasteiger charge is -2.25. The van der Waals surface area contributed by atoms with Crippen LogP contribution in [0.3, 0.4) is 0 Å². The summed E-state index contributed by atoms with van der Waals surface area (Å²) in [5, 5.41) is 6.25. The van der Waals surface area contributed by atoms with Crippen LogP contribution in [-0.2, 0) is 4.79 Å². The molecule has 0 aliphatic carbocycles. The lowest BCUT2D eigenvalue weighted by molar-refractivity contribution is -0.125. The molecule has 0 saturated carbocycles. The molecule has 0 bridgehead atoms. The van der Waals surface area contributed by atoms with E-state index in [1.807, 2.05) is 17.0 Å². The Morgan fingerprint density at radius 3 is 2.65 bits per heavy atom. The standard InChI is InChI=1S/C17H20ClN3O2/c1-2-3-4-9-21-10-13-14(16(21)22)15(20-17(23)19-13)11-5-7-12(18)8-6-11/h5-8,15H,2-4,9-10H2,1H3,(H2,19,20,23)/t15-/m1/s1. The molecule has 5 nitrogen and oxygen atoms in total. The summed E-state index contributed by atoms with van der Waals surface area (Å²) in [6.45, 7) is 3.34. The van der Waals surface area contributed by atoms with Gasteiger partial charge in [-0.2, -0.15) is 0 Å². The molecule has 2 heterocycles. The molecule has 1 aromatic carbocycles. The summed E-state index contributed by atoms with van der Waals surface area (Å²) in [6.07, 6.45) is 3.19. The van der Waals surface area contributed by atoms with Crippen LogP contribution in [0.25, 0.3) is 0 Å². The van der Waals surface area contributed by atoms with Gasteiger partial charge in [-0.15, -0.1) is 0 Å². The number of halogens is 1. The molecule has 2 aliphatic heterocycles. The summed E-state index contributed by atoms with van der Waals surface area (Å²) in [7, 11) is 0. The Kier molecular flexibility index (Phi) is 4.57. The average molecular weight is 334 g/mol. The Morgan fingerprint density at radius 2 is 1.96 bits per heavy atom. The third kappa shape index (κ3) is 3.20. The number of unbranched alkanes of at least 4 members (excludes halogenated alkanes) is 2. The van der Waals surface area contributed by atoms with Gasteiger partial charge in [0.2, 0.25) is 0 Å². The van der Waals surface area contributed by atoms with E-state index >= 15 is 0 Å². The van der Waals surface area contributed by atoms with Gasteiger partial charge in [0.1, 0.15) is 0 Å². The molecule has 1 aromatic rings. The number of urea groups is 1. The lowest BCUT2D eigenvalue weighted by atomic mass is 9.96. The van der Waals surface area contributed by atoms with Gasteiger partial charge in [0.25, 0.3) is 5.91 Å². The van der Waals surface area contributed by atoms with E-state index in [1.54, 1.807) is 12.1 Å². The Labute approximate surface area is 140 Å². The molecule has 0 aromatic heterocycles. The lowest BCUT2D eigenvalue weighted by Crippen LogP contribution is -2.44. The molecule has 0 saturated heterocycles. The second-order valence-corrected chi connectivity index (χ2v) is 6.35. The Balaban J connectivity index is 1.84. The molecule has 23 heavy (non-hydrogen) atoms. The van der Waals surface area contributed by atoms with Gasteiger partial charge in [0, 0.05) is 11.6 Å². The first-order chi connectivity index (χ1) is 11.1. The van der Waals surface area contributed by atoms with Gasteiger partial charge in [-0.1, -0.05) is 43.5 Å². The van der Waals surface area contributed by atoms with E-state index in [2.05, 4.69) is 17.6 Å². The monoisotopic (exact) mass is 333 g/mol. The van der Waals surface area contributed by atoms with Gasteiger partial charge < -0.3 is 15.5 Å². The summed E-state index contributed by atoms with van der Waals surface area (Å²) in [4.78, 5) is 26.5. The predicted octanol–water partition coefficient (Wildman–Crippen LogP) is 2.98. The highest BCUT2D eigenvalue weighted by atomic mass is 35.5. The quantitative estimate of drug-likeness (QED) is 0.814. The molecular formula is C17H20ClN3O2. The van der Waals surface area contributed by atoms with E-state index in [-0.39, 0.29) is 11.9 Å². The molecule has 1 atom stereocenters. The summed E-state index contributed by atoms with van der Waals surface area (Å²) < 4.78 is 0. The van der Waals surface area contributed by atoms with Gasteiger partial charge in [-0.3, -0.25) is 4.79 Å². The molecule has 0 spiro atoms. The number of hydrogen-bond acceptors (Lipinski definition) is 2. The Hall–Kier alpha value is -2.01. The van der Waals surface area contributed by atoms with Gasteiger partial charge in [-0.05, 0) is 24.1 Å². The van der Waals surface area contributed by atoms with Crippen molar-refractivity contribution >= 4 is 23.5 Å². The van der Waals surface area contributed by atoms with Crippen molar-refractivity contribution in [2.24, 2.45) is 0 Å². The number of nitrogens with one attached hydrogen (secondary N) is 2. The van der Waals surface area contributed by atoms with E-state index in [9.17, 15) is 9.59 Å². The van der Waals surface area contributed by atoms with Crippen LogP contribution in [0.15, 0.2) is 35.5 Å². The molecule has 3 amide bonds. The fourth-order valence-electron chi connectivity index (χ4n) is 3.07. The van der Waals surface area contributed by atoms with Crippen molar-refractivity contribution in [3.63, 3.8) is 0 Å². The number of amides is 3. The maximum absolute atomic E-state index is 12.7. The maximum atomic E-state index is 12.7. The molecule has 6 heteroatoms. The van der Waals surface area contributed by atoms with Crippen molar-refractivity contribution in [2.45, 2.75) is 32.2 Å². The zero-order chi connectivity index (χ0) is 16.4. The van der Waals surface area contributed by atoms with Crippen molar-refractivity contribution in [1.29, 1.82) is 0 Å². The number of rotatable bonds is 5. The summed E-state index contributed by atoms with van der Waals surface area (Å²) in [5.41, 5.74) is 2.22. The molecule has 3 rings (SSSR count). The number of benzene rings is 1. The zero-order valence-electron chi connectivity index (χ0n) is 13.1. The fourth-order valence-corrected chi connectivity index (χ4v) is 3.19. The minimum Gasteiger partial charge on any atom is -0.333 e. The molecule has 0 unspecified atom stereocenters. The van der Waals surface area contributed by atoms with Crippen LogP contribution in [0, 0.1) is 0 Å². The zero-order valence-corrected chi connectivity index (χ0v) is 13.8. The maximum Gasteiger partial charge on any atom is 0.319 e. The summed E-state index contributed by atoms with van der Waals surface area (Å²) in [6, 6.07) is 6.53. The van der Waals surface area contributed by atoms with Crippen LogP contribution in [0.1, 0.15) is 37.8 Å². The van der Waals surface area contributed by atoms with Gasteiger partial charge in [-0.25, -0.2) is 4.79 Å². The number of hydrogen-bond donors (Lipinski definition) is 2. The van der Waals surface area contributed by atoms with E-state index in [0.29, 0.717) is 17.1 Å². The van der Waals surface area contributed by atoms with Crippen molar-refractivity contribution in [3.8, 4) is 0 Å². The molecule has 0 radical (unpaired) electrons. The number of carbonyl (C=O) groups excluding carboxylic acids is 2. The summed E-state index contributed by atoms with van der Waals surface area (Å²) >= 11 is 5.93. The van der Waals surface area contributed by atoms with Gasteiger partial charge >= 0.3 is 6.03 Å². The second kappa shape index (κ2) is 6.62. The first kappa shape index (κ1) is 15.9. The summed E-state index contributed by atoms with van der Waals surface area (Å²) in [5.74, 6) is 0.00329. The molecular weight excluding hydrogens is 314 g/mol. The van der Waals surface area contributed by atoms with Crippen LogP contribution < -0.4 is 10.6 Å².